The number of carbonyl (C=O) groups is 1. The molecule has 3 rings (SSSR count). The minimum absolute atomic E-state index is 0.0134. The minimum Gasteiger partial charge on any atom is -0.464 e. The Morgan fingerprint density at radius 1 is 1.11 bits per heavy atom. The van der Waals surface area contributed by atoms with E-state index in [2.05, 4.69) is 10.3 Å². The van der Waals surface area contributed by atoms with Crippen LogP contribution < -0.4 is 0 Å². The van der Waals surface area contributed by atoms with Crippen molar-refractivity contribution in [3.8, 4) is 5.69 Å². The third kappa shape index (κ3) is 4.30. The molecule has 0 spiro atoms. The topological polar surface area (TPSA) is 65.7 Å². The number of aromatic nitrogens is 2. The molecule has 0 amide bonds. The van der Waals surface area contributed by atoms with Gasteiger partial charge in [0.25, 0.3) is 0 Å². The van der Waals surface area contributed by atoms with E-state index < -0.39 is 5.97 Å². The maximum atomic E-state index is 12.1. The summed E-state index contributed by atoms with van der Waals surface area (Å²) in [5, 5.41) is 9.23. The maximum Gasteiger partial charge on any atom is 0.359 e. The number of benzene rings is 2. The maximum absolute atomic E-state index is 12.1. The quantitative estimate of drug-likeness (QED) is 0.302. The second-order valence-electron chi connectivity index (χ2n) is 5.50. The number of methoxy groups -OCH3 is 1. The number of carbonyl (C=O) groups excluding carboxylic acids is 1. The lowest BCUT2D eigenvalue weighted by Crippen LogP contribution is -2.06. The molecule has 0 radical (unpaired) electrons. The van der Waals surface area contributed by atoms with E-state index in [1.54, 1.807) is 30.3 Å². The molecule has 9 heteroatoms. The monoisotopic (exact) mass is 437 g/mol. The lowest BCUT2D eigenvalue weighted by molar-refractivity contribution is 0.0593. The second kappa shape index (κ2) is 9.10. The number of halogens is 3. The van der Waals surface area contributed by atoms with Crippen molar-refractivity contribution < 1.29 is 14.4 Å². The molecular weight excluding hydrogens is 425 g/mol. The summed E-state index contributed by atoms with van der Waals surface area (Å²) in [4.78, 5) is 17.4. The Morgan fingerprint density at radius 2 is 1.79 bits per heavy atom. The zero-order valence-corrected chi connectivity index (χ0v) is 16.9. The fourth-order valence-corrected chi connectivity index (χ4v) is 3.15. The lowest BCUT2D eigenvalue weighted by Gasteiger charge is -2.05. The molecule has 0 N–H and O–H groups in total. The van der Waals surface area contributed by atoms with Crippen molar-refractivity contribution in [2.75, 3.05) is 7.11 Å². The van der Waals surface area contributed by atoms with Crippen LogP contribution >= 0.6 is 34.8 Å². The van der Waals surface area contributed by atoms with Gasteiger partial charge in [-0.3, -0.25) is 0 Å². The molecule has 3 aromatic rings. The Balaban J connectivity index is 1.87. The Kier molecular flexibility index (Phi) is 6.57. The molecule has 0 saturated heterocycles. The number of ether oxygens (including phenoxy) is 1. The first-order chi connectivity index (χ1) is 13.5. The van der Waals surface area contributed by atoms with Crippen LogP contribution in [0.1, 0.15) is 21.6 Å². The van der Waals surface area contributed by atoms with Gasteiger partial charge < -0.3 is 9.57 Å². The van der Waals surface area contributed by atoms with Crippen LogP contribution in [-0.4, -0.2) is 29.1 Å². The van der Waals surface area contributed by atoms with Gasteiger partial charge >= 0.3 is 5.97 Å². The standard InChI is InChI=1S/C19H14Cl3N3O3/c1-27-19(26)17-13(18(22)25(24-17)12-6-3-2-4-7-12)10-23-28-11-14-15(20)8-5-9-16(14)21/h2-10H,11H2,1H3/b23-10+. The number of rotatable bonds is 6. The van der Waals surface area contributed by atoms with E-state index in [1.807, 2.05) is 18.2 Å². The van der Waals surface area contributed by atoms with Crippen molar-refractivity contribution in [1.29, 1.82) is 0 Å². The Morgan fingerprint density at radius 3 is 2.43 bits per heavy atom. The van der Waals surface area contributed by atoms with Gasteiger partial charge in [0.1, 0.15) is 11.8 Å². The molecule has 0 atom stereocenters. The van der Waals surface area contributed by atoms with E-state index in [4.69, 9.17) is 44.4 Å². The molecule has 28 heavy (non-hydrogen) atoms. The summed E-state index contributed by atoms with van der Waals surface area (Å²) in [6.45, 7) is 0.0486. The van der Waals surface area contributed by atoms with Gasteiger partial charge in [-0.25, -0.2) is 9.48 Å². The third-order valence-corrected chi connectivity index (χ3v) is 4.84. The Hall–Kier alpha value is -2.54. The van der Waals surface area contributed by atoms with Crippen LogP contribution in [0.5, 0.6) is 0 Å². The summed E-state index contributed by atoms with van der Waals surface area (Å²) in [5.74, 6) is -0.646. The summed E-state index contributed by atoms with van der Waals surface area (Å²) in [7, 11) is 1.26. The summed E-state index contributed by atoms with van der Waals surface area (Å²) >= 11 is 18.6. The smallest absolute Gasteiger partial charge is 0.359 e. The number of para-hydroxylation sites is 1. The fourth-order valence-electron chi connectivity index (χ4n) is 2.37. The van der Waals surface area contributed by atoms with E-state index >= 15 is 0 Å². The SMILES string of the molecule is COC(=O)c1nn(-c2ccccc2)c(Cl)c1/C=N/OCc1c(Cl)cccc1Cl. The van der Waals surface area contributed by atoms with Gasteiger partial charge in [-0.1, -0.05) is 64.2 Å². The number of esters is 1. The molecule has 0 fully saturated rings. The molecule has 0 aliphatic rings. The van der Waals surface area contributed by atoms with Crippen molar-refractivity contribution in [1.82, 2.24) is 9.78 Å². The van der Waals surface area contributed by atoms with Crippen LogP contribution in [0.25, 0.3) is 5.69 Å². The average Bonchev–Trinajstić information content (AvgIpc) is 3.03. The van der Waals surface area contributed by atoms with Gasteiger partial charge in [0, 0.05) is 15.6 Å². The van der Waals surface area contributed by atoms with Gasteiger partial charge in [-0.05, 0) is 24.3 Å². The highest BCUT2D eigenvalue weighted by Crippen LogP contribution is 2.26. The largest absolute Gasteiger partial charge is 0.464 e. The highest BCUT2D eigenvalue weighted by Gasteiger charge is 2.22. The zero-order valence-electron chi connectivity index (χ0n) is 14.6. The van der Waals surface area contributed by atoms with Crippen molar-refractivity contribution in [2.45, 2.75) is 6.61 Å². The summed E-state index contributed by atoms with van der Waals surface area (Å²) in [5.41, 5.74) is 1.56. The molecule has 0 saturated carbocycles. The second-order valence-corrected chi connectivity index (χ2v) is 6.67. The van der Waals surface area contributed by atoms with E-state index in [0.717, 1.165) is 0 Å². The molecular formula is C19H14Cl3N3O3. The summed E-state index contributed by atoms with van der Waals surface area (Å²) in [6.07, 6.45) is 1.30. The minimum atomic E-state index is -0.646. The molecule has 0 bridgehead atoms. The Labute approximate surface area is 176 Å². The molecule has 144 valence electrons. The van der Waals surface area contributed by atoms with Crippen molar-refractivity contribution >= 4 is 47.0 Å². The van der Waals surface area contributed by atoms with E-state index in [-0.39, 0.29) is 23.0 Å². The molecule has 6 nitrogen and oxygen atoms in total. The molecule has 1 heterocycles. The van der Waals surface area contributed by atoms with Crippen LogP contribution in [0, 0.1) is 0 Å². The lowest BCUT2D eigenvalue weighted by atomic mass is 10.2. The van der Waals surface area contributed by atoms with Crippen LogP contribution in [0.15, 0.2) is 53.7 Å². The van der Waals surface area contributed by atoms with Crippen LogP contribution in [0.3, 0.4) is 0 Å². The summed E-state index contributed by atoms with van der Waals surface area (Å²) in [6, 6.07) is 14.3. The third-order valence-electron chi connectivity index (χ3n) is 3.77. The van der Waals surface area contributed by atoms with Crippen LogP contribution in [-0.2, 0) is 16.2 Å². The molecule has 0 aliphatic carbocycles. The normalized spacial score (nSPS) is 11.0. The number of hydrogen-bond acceptors (Lipinski definition) is 5. The molecule has 0 aliphatic heterocycles. The van der Waals surface area contributed by atoms with E-state index in [0.29, 0.717) is 21.3 Å². The van der Waals surface area contributed by atoms with E-state index in [1.165, 1.54) is 18.0 Å². The predicted octanol–water partition coefficient (Wildman–Crippen LogP) is 5.17. The Bertz CT molecular complexity index is 1000. The fraction of sp³-hybridized carbons (Fsp3) is 0.105. The number of hydrogen-bond donors (Lipinski definition) is 0. The highest BCUT2D eigenvalue weighted by atomic mass is 35.5. The van der Waals surface area contributed by atoms with Gasteiger partial charge in [0.05, 0.1) is 24.6 Å². The number of oxime groups is 1. The number of nitrogens with zero attached hydrogens (tertiary/aromatic N) is 3. The van der Waals surface area contributed by atoms with Crippen molar-refractivity contribution in [3.63, 3.8) is 0 Å². The predicted molar refractivity (Wildman–Crippen MR) is 109 cm³/mol. The highest BCUT2D eigenvalue weighted by molar-refractivity contribution is 6.36. The first-order valence-corrected chi connectivity index (χ1v) is 9.16. The van der Waals surface area contributed by atoms with Crippen molar-refractivity contribution in [3.05, 3.63) is 80.6 Å². The first kappa shape index (κ1) is 20.2. The van der Waals surface area contributed by atoms with Gasteiger partial charge in [0.15, 0.2) is 5.69 Å². The average molecular weight is 439 g/mol. The van der Waals surface area contributed by atoms with Crippen LogP contribution in [0.2, 0.25) is 15.2 Å². The first-order valence-electron chi connectivity index (χ1n) is 8.03. The van der Waals surface area contributed by atoms with Gasteiger partial charge in [-0.15, -0.1) is 0 Å². The molecule has 1 aromatic heterocycles. The van der Waals surface area contributed by atoms with E-state index in [9.17, 15) is 4.79 Å². The molecule has 0 unspecified atom stereocenters. The molecule has 2 aromatic carbocycles. The van der Waals surface area contributed by atoms with Crippen LogP contribution in [0.4, 0.5) is 0 Å². The van der Waals surface area contributed by atoms with Gasteiger partial charge in [-0.2, -0.15) is 5.10 Å². The zero-order chi connectivity index (χ0) is 20.1. The van der Waals surface area contributed by atoms with Gasteiger partial charge in [0.2, 0.25) is 0 Å². The van der Waals surface area contributed by atoms with Crippen molar-refractivity contribution in [2.24, 2.45) is 5.16 Å². The summed E-state index contributed by atoms with van der Waals surface area (Å²) < 4.78 is 6.19.